The number of hydrogen-bond donors (Lipinski definition) is 2. The first-order chi connectivity index (χ1) is 17.9. The number of rotatable bonds is 7. The summed E-state index contributed by atoms with van der Waals surface area (Å²) in [6.07, 6.45) is 6.32. The van der Waals surface area contributed by atoms with Crippen LogP contribution in [0.15, 0.2) is 48.1 Å². The summed E-state index contributed by atoms with van der Waals surface area (Å²) >= 11 is 0. The van der Waals surface area contributed by atoms with Crippen molar-refractivity contribution in [2.24, 2.45) is 28.6 Å². The SMILES string of the molecule is Cc1cccc(OCCCCC(=O)[C@@]2(O)[C@H](C)C[C@H]3[C@@H]4CCC5=CC(=O)C=C[C@]5(C)[C@@]4(F)[C@@H](O)C[C@@]32C)c1. The van der Waals surface area contributed by atoms with Gasteiger partial charge in [-0.1, -0.05) is 37.6 Å². The first-order valence-corrected chi connectivity index (χ1v) is 14.1. The van der Waals surface area contributed by atoms with E-state index in [2.05, 4.69) is 0 Å². The Morgan fingerprint density at radius 2 is 1.97 bits per heavy atom. The van der Waals surface area contributed by atoms with Crippen molar-refractivity contribution in [2.45, 2.75) is 90.0 Å². The maximum atomic E-state index is 17.3. The Morgan fingerprint density at radius 1 is 1.21 bits per heavy atom. The highest BCUT2D eigenvalue weighted by molar-refractivity contribution is 6.01. The highest BCUT2D eigenvalue weighted by Crippen LogP contribution is 2.70. The highest BCUT2D eigenvalue weighted by atomic mass is 19.1. The summed E-state index contributed by atoms with van der Waals surface area (Å²) in [5.41, 5.74) is -3.72. The topological polar surface area (TPSA) is 83.8 Å². The summed E-state index contributed by atoms with van der Waals surface area (Å²) in [6.45, 7) is 8.06. The van der Waals surface area contributed by atoms with Gasteiger partial charge in [-0.15, -0.1) is 0 Å². The van der Waals surface area contributed by atoms with Gasteiger partial charge in [0.1, 0.15) is 11.4 Å². The zero-order valence-corrected chi connectivity index (χ0v) is 23.0. The van der Waals surface area contributed by atoms with Gasteiger partial charge in [-0.05, 0) is 94.1 Å². The number of hydrogen-bond acceptors (Lipinski definition) is 5. The number of ketones is 2. The quantitative estimate of drug-likeness (QED) is 0.463. The van der Waals surface area contributed by atoms with Crippen LogP contribution in [0.3, 0.4) is 0 Å². The average molecular weight is 525 g/mol. The summed E-state index contributed by atoms with van der Waals surface area (Å²) in [6, 6.07) is 7.83. The molecule has 3 saturated carbocycles. The van der Waals surface area contributed by atoms with Crippen LogP contribution >= 0.6 is 0 Å². The highest BCUT2D eigenvalue weighted by Gasteiger charge is 2.75. The number of benzene rings is 1. The van der Waals surface area contributed by atoms with Crippen molar-refractivity contribution in [1.82, 2.24) is 0 Å². The Hall–Kier alpha value is -2.31. The van der Waals surface area contributed by atoms with Crippen LogP contribution in [0, 0.1) is 35.5 Å². The van der Waals surface area contributed by atoms with Gasteiger partial charge >= 0.3 is 0 Å². The fraction of sp³-hybridized carbons (Fsp3) is 0.625. The average Bonchev–Trinajstić information content (AvgIpc) is 3.06. The molecular formula is C32H41FO5. The lowest BCUT2D eigenvalue weighted by Crippen LogP contribution is -2.69. The Balaban J connectivity index is 1.32. The maximum Gasteiger partial charge on any atom is 0.178 e. The lowest BCUT2D eigenvalue weighted by Gasteiger charge is -2.62. The molecule has 1 aromatic rings. The van der Waals surface area contributed by atoms with E-state index in [0.717, 1.165) is 16.9 Å². The number of carbonyl (C=O) groups is 2. The zero-order valence-electron chi connectivity index (χ0n) is 23.0. The Labute approximate surface area is 225 Å². The van der Waals surface area contributed by atoms with E-state index in [1.807, 2.05) is 45.0 Å². The van der Waals surface area contributed by atoms with Crippen LogP contribution in [0.4, 0.5) is 4.39 Å². The standard InChI is InChI=1S/C32H41FO5/c1-20-8-7-9-24(16-20)38-15-6-5-10-27(35)32(37)21(2)17-26-25-12-11-22-18-23(34)13-14-29(22,3)31(25,33)28(36)19-30(26,32)4/h7-9,13-14,16,18,21,25-26,28,36-37H,5-6,10-12,15,17,19H2,1-4H3/t21-,25+,26+,28+,29+,30+,31+,32+/m1/s1. The molecule has 3 fully saturated rings. The maximum absolute atomic E-state index is 17.3. The van der Waals surface area contributed by atoms with Crippen molar-refractivity contribution < 1.29 is 28.9 Å². The Bertz CT molecular complexity index is 1190. The second-order valence-corrected chi connectivity index (χ2v) is 12.7. The number of allylic oxidation sites excluding steroid dienone is 4. The monoisotopic (exact) mass is 524 g/mol. The van der Waals surface area contributed by atoms with E-state index in [0.29, 0.717) is 38.7 Å². The molecule has 0 unspecified atom stereocenters. The van der Waals surface area contributed by atoms with Gasteiger partial charge in [-0.2, -0.15) is 0 Å². The number of carbonyl (C=O) groups excluding carboxylic acids is 2. The van der Waals surface area contributed by atoms with E-state index in [-0.39, 0.29) is 36.2 Å². The molecule has 206 valence electrons. The molecule has 0 amide bonds. The molecule has 0 aromatic heterocycles. The second kappa shape index (κ2) is 9.41. The summed E-state index contributed by atoms with van der Waals surface area (Å²) in [7, 11) is 0. The predicted octanol–water partition coefficient (Wildman–Crippen LogP) is 5.46. The number of unbranched alkanes of at least 4 members (excludes halogenated alkanes) is 1. The first-order valence-electron chi connectivity index (χ1n) is 14.1. The zero-order chi connectivity index (χ0) is 27.5. The molecule has 2 N–H and O–H groups in total. The molecule has 0 aliphatic heterocycles. The number of fused-ring (bicyclic) bond motifs is 5. The second-order valence-electron chi connectivity index (χ2n) is 12.7. The minimum atomic E-state index is -1.96. The van der Waals surface area contributed by atoms with E-state index in [9.17, 15) is 19.8 Å². The van der Waals surface area contributed by atoms with Gasteiger partial charge in [0.15, 0.2) is 17.2 Å². The number of aliphatic hydroxyl groups excluding tert-OH is 1. The van der Waals surface area contributed by atoms with Crippen molar-refractivity contribution >= 4 is 11.6 Å². The van der Waals surface area contributed by atoms with Crippen LogP contribution in [0.25, 0.3) is 0 Å². The number of ether oxygens (including phenoxy) is 1. The molecule has 5 rings (SSSR count). The van der Waals surface area contributed by atoms with Crippen LogP contribution in [0.5, 0.6) is 5.75 Å². The molecule has 5 nitrogen and oxygen atoms in total. The molecule has 4 aliphatic carbocycles. The van der Waals surface area contributed by atoms with Gasteiger partial charge in [0, 0.05) is 23.2 Å². The number of Topliss-reactive ketones (excluding diaryl/α,β-unsaturated/α-hetero) is 1. The number of aryl methyl sites for hydroxylation is 1. The van der Waals surface area contributed by atoms with Crippen LogP contribution in [-0.4, -0.2) is 45.8 Å². The number of aliphatic hydroxyl groups is 2. The minimum absolute atomic E-state index is 0.0123. The third-order valence-electron chi connectivity index (χ3n) is 10.7. The van der Waals surface area contributed by atoms with Crippen LogP contribution in [0.1, 0.15) is 71.3 Å². The normalized spacial score (nSPS) is 41.7. The van der Waals surface area contributed by atoms with E-state index >= 15 is 4.39 Å². The third-order valence-corrected chi connectivity index (χ3v) is 10.7. The van der Waals surface area contributed by atoms with Crippen molar-refractivity contribution in [3.63, 3.8) is 0 Å². The molecule has 0 bridgehead atoms. The van der Waals surface area contributed by atoms with Crippen molar-refractivity contribution in [3.05, 3.63) is 53.6 Å². The summed E-state index contributed by atoms with van der Waals surface area (Å²) < 4.78 is 23.1. The molecule has 1 aromatic carbocycles. The smallest absolute Gasteiger partial charge is 0.178 e. The molecule has 4 aliphatic rings. The fourth-order valence-electron chi connectivity index (χ4n) is 8.61. The van der Waals surface area contributed by atoms with E-state index < -0.39 is 34.1 Å². The molecule has 8 atom stereocenters. The first kappa shape index (κ1) is 27.3. The molecular weight excluding hydrogens is 483 g/mol. The summed E-state index contributed by atoms with van der Waals surface area (Å²) in [4.78, 5) is 25.7. The van der Waals surface area contributed by atoms with Crippen LogP contribution < -0.4 is 4.74 Å². The lowest BCUT2D eigenvalue weighted by atomic mass is 9.44. The lowest BCUT2D eigenvalue weighted by molar-refractivity contribution is -0.218. The predicted molar refractivity (Wildman–Crippen MR) is 143 cm³/mol. The summed E-state index contributed by atoms with van der Waals surface area (Å²) in [5.74, 6) is -0.645. The largest absolute Gasteiger partial charge is 0.494 e. The third kappa shape index (κ3) is 3.77. The fourth-order valence-corrected chi connectivity index (χ4v) is 8.61. The van der Waals surface area contributed by atoms with Gasteiger partial charge in [0.25, 0.3) is 0 Å². The Morgan fingerprint density at radius 3 is 2.71 bits per heavy atom. The molecule has 0 spiro atoms. The van der Waals surface area contributed by atoms with Gasteiger partial charge in [0.2, 0.25) is 0 Å². The van der Waals surface area contributed by atoms with Gasteiger partial charge < -0.3 is 14.9 Å². The van der Waals surface area contributed by atoms with E-state index in [1.165, 1.54) is 12.2 Å². The van der Waals surface area contributed by atoms with Gasteiger partial charge in [-0.3, -0.25) is 9.59 Å². The molecule has 38 heavy (non-hydrogen) atoms. The van der Waals surface area contributed by atoms with E-state index in [4.69, 9.17) is 4.74 Å². The number of halogens is 1. The molecule has 6 heteroatoms. The molecule has 0 heterocycles. The van der Waals surface area contributed by atoms with Crippen LogP contribution in [-0.2, 0) is 9.59 Å². The number of alkyl halides is 1. The van der Waals surface area contributed by atoms with E-state index in [1.54, 1.807) is 13.0 Å². The van der Waals surface area contributed by atoms with Crippen LogP contribution in [0.2, 0.25) is 0 Å². The summed E-state index contributed by atoms with van der Waals surface area (Å²) in [5, 5.41) is 23.5. The molecule has 0 saturated heterocycles. The molecule has 0 radical (unpaired) electrons. The van der Waals surface area contributed by atoms with Crippen molar-refractivity contribution in [2.75, 3.05) is 6.61 Å². The minimum Gasteiger partial charge on any atom is -0.494 e. The van der Waals surface area contributed by atoms with Crippen molar-refractivity contribution in [1.29, 1.82) is 0 Å². The Kier molecular flexibility index (Phi) is 6.75. The van der Waals surface area contributed by atoms with Gasteiger partial charge in [0.05, 0.1) is 12.7 Å². The van der Waals surface area contributed by atoms with Crippen molar-refractivity contribution in [3.8, 4) is 5.75 Å². The van der Waals surface area contributed by atoms with Gasteiger partial charge in [-0.25, -0.2) is 4.39 Å².